The Morgan fingerprint density at radius 2 is 2.00 bits per heavy atom. The van der Waals surface area contributed by atoms with Crippen LogP contribution in [0.15, 0.2) is 12.7 Å². The molecule has 2 aromatic heterocycles. The van der Waals surface area contributed by atoms with Crippen LogP contribution in [0.25, 0.3) is 0 Å². The van der Waals surface area contributed by atoms with Gasteiger partial charge in [-0.1, -0.05) is 13.8 Å². The lowest BCUT2D eigenvalue weighted by atomic mass is 10.0. The molecule has 108 valence electrons. The maximum absolute atomic E-state index is 4.34. The maximum Gasteiger partial charge on any atom is 0.135 e. The minimum Gasteiger partial charge on any atom is -0.373 e. The molecule has 2 heterocycles. The Morgan fingerprint density at radius 1 is 1.25 bits per heavy atom. The highest BCUT2D eigenvalue weighted by Gasteiger charge is 2.13. The molecule has 0 unspecified atom stereocenters. The average molecular weight is 275 g/mol. The van der Waals surface area contributed by atoms with Gasteiger partial charge in [-0.3, -0.25) is 0 Å². The van der Waals surface area contributed by atoms with Gasteiger partial charge >= 0.3 is 0 Å². The monoisotopic (exact) mass is 275 g/mol. The molecule has 0 saturated heterocycles. The van der Waals surface area contributed by atoms with Gasteiger partial charge in [-0.05, 0) is 5.92 Å². The lowest BCUT2D eigenvalue weighted by molar-refractivity contribution is 0.783. The van der Waals surface area contributed by atoms with Crippen molar-refractivity contribution < 1.29 is 0 Å². The highest BCUT2D eigenvalue weighted by atomic mass is 15.2. The topological polar surface area (TPSA) is 80.6 Å². The van der Waals surface area contributed by atoms with Crippen LogP contribution in [0.5, 0.6) is 0 Å². The molecule has 0 radical (unpaired) electrons. The number of hydrogen-bond donors (Lipinski definition) is 2. The summed E-state index contributed by atoms with van der Waals surface area (Å²) in [5.74, 6) is 3.04. The molecule has 7 nitrogen and oxygen atoms in total. The van der Waals surface area contributed by atoms with Crippen LogP contribution in [-0.4, -0.2) is 38.3 Å². The fourth-order valence-corrected chi connectivity index (χ4v) is 2.11. The number of nitrogens with one attached hydrogen (secondary N) is 2. The molecular formula is C13H21N7. The van der Waals surface area contributed by atoms with Crippen LogP contribution in [0.1, 0.15) is 31.2 Å². The molecule has 0 aliphatic carbocycles. The van der Waals surface area contributed by atoms with Crippen molar-refractivity contribution in [2.24, 2.45) is 7.05 Å². The lowest BCUT2D eigenvalue weighted by Crippen LogP contribution is -2.13. The Hall–Kier alpha value is -2.18. The second-order valence-electron chi connectivity index (χ2n) is 4.92. The zero-order chi connectivity index (χ0) is 14.5. The third-order valence-corrected chi connectivity index (χ3v) is 3.14. The highest BCUT2D eigenvalue weighted by molar-refractivity contribution is 5.58. The van der Waals surface area contributed by atoms with Crippen molar-refractivity contribution >= 4 is 11.6 Å². The zero-order valence-corrected chi connectivity index (χ0v) is 12.4. The molecule has 0 saturated carbocycles. The summed E-state index contributed by atoms with van der Waals surface area (Å²) in [7, 11) is 3.82. The largest absolute Gasteiger partial charge is 0.373 e. The molecule has 0 aromatic carbocycles. The van der Waals surface area contributed by atoms with Crippen LogP contribution in [0.2, 0.25) is 0 Å². The molecule has 2 N–H and O–H groups in total. The molecule has 20 heavy (non-hydrogen) atoms. The quantitative estimate of drug-likeness (QED) is 0.830. The van der Waals surface area contributed by atoms with Crippen molar-refractivity contribution in [2.45, 2.75) is 26.2 Å². The highest BCUT2D eigenvalue weighted by Crippen LogP contribution is 2.27. The first-order chi connectivity index (χ1) is 9.63. The SMILES string of the molecule is CNc1ncnc(NCCc2nncn2C)c1C(C)C. The van der Waals surface area contributed by atoms with E-state index in [1.54, 1.807) is 12.7 Å². The number of aryl methyl sites for hydroxylation is 1. The predicted octanol–water partition coefficient (Wildman–Crippen LogP) is 1.42. The Balaban J connectivity index is 2.07. The normalized spacial score (nSPS) is 10.8. The van der Waals surface area contributed by atoms with E-state index in [1.165, 1.54) is 0 Å². The van der Waals surface area contributed by atoms with E-state index in [4.69, 9.17) is 0 Å². The summed E-state index contributed by atoms with van der Waals surface area (Å²) < 4.78 is 1.92. The molecule has 0 fully saturated rings. The number of anilines is 2. The molecule has 7 heteroatoms. The van der Waals surface area contributed by atoms with Gasteiger partial charge in [0.2, 0.25) is 0 Å². The molecule has 0 aliphatic rings. The summed E-state index contributed by atoms with van der Waals surface area (Å²) in [4.78, 5) is 8.61. The fraction of sp³-hybridized carbons (Fsp3) is 0.538. The first-order valence-electron chi connectivity index (χ1n) is 6.72. The van der Waals surface area contributed by atoms with Crippen molar-refractivity contribution in [3.8, 4) is 0 Å². The van der Waals surface area contributed by atoms with Crippen LogP contribution >= 0.6 is 0 Å². The summed E-state index contributed by atoms with van der Waals surface area (Å²) in [6.45, 7) is 5.02. The number of nitrogens with zero attached hydrogens (tertiary/aromatic N) is 5. The van der Waals surface area contributed by atoms with E-state index in [9.17, 15) is 0 Å². The van der Waals surface area contributed by atoms with E-state index < -0.39 is 0 Å². The van der Waals surface area contributed by atoms with Gasteiger partial charge in [-0.15, -0.1) is 10.2 Å². The van der Waals surface area contributed by atoms with Crippen molar-refractivity contribution in [3.63, 3.8) is 0 Å². The van der Waals surface area contributed by atoms with Gasteiger partial charge in [-0.2, -0.15) is 0 Å². The summed E-state index contributed by atoms with van der Waals surface area (Å²) in [6.07, 6.45) is 4.08. The van der Waals surface area contributed by atoms with Crippen LogP contribution in [0, 0.1) is 0 Å². The van der Waals surface area contributed by atoms with Crippen LogP contribution < -0.4 is 10.6 Å². The summed E-state index contributed by atoms with van der Waals surface area (Å²) in [5, 5.41) is 14.4. The first kappa shape index (κ1) is 14.2. The lowest BCUT2D eigenvalue weighted by Gasteiger charge is -2.16. The van der Waals surface area contributed by atoms with Gasteiger partial charge in [0.1, 0.15) is 30.1 Å². The molecule has 0 spiro atoms. The van der Waals surface area contributed by atoms with Crippen LogP contribution in [0.4, 0.5) is 11.6 Å². The summed E-state index contributed by atoms with van der Waals surface area (Å²) in [5.41, 5.74) is 1.10. The van der Waals surface area contributed by atoms with E-state index in [0.717, 1.165) is 36.0 Å². The third-order valence-electron chi connectivity index (χ3n) is 3.14. The zero-order valence-electron chi connectivity index (χ0n) is 12.4. The third kappa shape index (κ3) is 3.04. The molecule has 0 atom stereocenters. The van der Waals surface area contributed by atoms with Crippen molar-refractivity contribution in [1.82, 2.24) is 24.7 Å². The van der Waals surface area contributed by atoms with Gasteiger partial charge < -0.3 is 15.2 Å². The Labute approximate surface area is 118 Å². The van der Waals surface area contributed by atoms with Crippen molar-refractivity contribution in [1.29, 1.82) is 0 Å². The van der Waals surface area contributed by atoms with E-state index in [1.807, 2.05) is 18.7 Å². The van der Waals surface area contributed by atoms with Crippen LogP contribution in [-0.2, 0) is 13.5 Å². The second-order valence-corrected chi connectivity index (χ2v) is 4.92. The van der Waals surface area contributed by atoms with Crippen LogP contribution in [0.3, 0.4) is 0 Å². The number of aromatic nitrogens is 5. The van der Waals surface area contributed by atoms with Crippen molar-refractivity contribution in [2.75, 3.05) is 24.2 Å². The van der Waals surface area contributed by atoms with E-state index in [2.05, 4.69) is 44.6 Å². The molecule has 0 bridgehead atoms. The molecule has 2 rings (SSSR count). The van der Waals surface area contributed by atoms with Gasteiger partial charge in [0.05, 0.1) is 0 Å². The number of hydrogen-bond acceptors (Lipinski definition) is 6. The van der Waals surface area contributed by atoms with E-state index in [-0.39, 0.29) is 0 Å². The summed E-state index contributed by atoms with van der Waals surface area (Å²) >= 11 is 0. The molecular weight excluding hydrogens is 254 g/mol. The smallest absolute Gasteiger partial charge is 0.135 e. The fourth-order valence-electron chi connectivity index (χ4n) is 2.11. The van der Waals surface area contributed by atoms with E-state index in [0.29, 0.717) is 5.92 Å². The van der Waals surface area contributed by atoms with Gasteiger partial charge in [0.15, 0.2) is 0 Å². The molecule has 0 aliphatic heterocycles. The standard InChI is InChI=1S/C13H21N7/c1-9(2)11-12(14-3)16-7-17-13(11)15-6-5-10-19-18-8-20(10)4/h7-9H,5-6H2,1-4H3,(H2,14,15,16,17). The number of rotatable bonds is 6. The first-order valence-corrected chi connectivity index (χ1v) is 6.72. The minimum absolute atomic E-state index is 0.343. The summed E-state index contributed by atoms with van der Waals surface area (Å²) in [6, 6.07) is 0. The Kier molecular flexibility index (Phi) is 4.49. The van der Waals surface area contributed by atoms with Gasteiger partial charge in [-0.25, -0.2) is 9.97 Å². The van der Waals surface area contributed by atoms with Gasteiger partial charge in [0, 0.05) is 32.6 Å². The predicted molar refractivity (Wildman–Crippen MR) is 78.9 cm³/mol. The molecule has 0 amide bonds. The second kappa shape index (κ2) is 6.31. The Morgan fingerprint density at radius 3 is 2.60 bits per heavy atom. The minimum atomic E-state index is 0.343. The molecule has 2 aromatic rings. The maximum atomic E-state index is 4.34. The van der Waals surface area contributed by atoms with E-state index >= 15 is 0 Å². The van der Waals surface area contributed by atoms with Gasteiger partial charge in [0.25, 0.3) is 0 Å². The average Bonchev–Trinajstić information content (AvgIpc) is 2.84. The Bertz CT molecular complexity index is 562. The van der Waals surface area contributed by atoms with Crippen molar-refractivity contribution in [3.05, 3.63) is 24.0 Å².